The number of pyridine rings is 1. The van der Waals surface area contributed by atoms with Crippen LogP contribution in [0.25, 0.3) is 0 Å². The molecule has 20 heavy (non-hydrogen) atoms. The molecule has 1 aromatic carbocycles. The van der Waals surface area contributed by atoms with E-state index in [1.54, 1.807) is 6.20 Å². The maximum absolute atomic E-state index is 5.79. The fourth-order valence-electron chi connectivity index (χ4n) is 2.05. The summed E-state index contributed by atoms with van der Waals surface area (Å²) < 4.78 is 5.79. The van der Waals surface area contributed by atoms with Gasteiger partial charge in [0.25, 0.3) is 0 Å². The number of unbranched alkanes of at least 4 members (excludes halogenated alkanes) is 1. The summed E-state index contributed by atoms with van der Waals surface area (Å²) in [6, 6.07) is 12.2. The molecule has 1 N–H and O–H groups in total. The highest BCUT2D eigenvalue weighted by Crippen LogP contribution is 2.21. The normalized spacial score (nSPS) is 10.5. The van der Waals surface area contributed by atoms with Crippen LogP contribution in [0.1, 0.15) is 30.9 Å². The molecule has 3 heteroatoms. The molecule has 2 aromatic rings. The number of ether oxygens (including phenoxy) is 1. The predicted octanol–water partition coefficient (Wildman–Crippen LogP) is 3.94. The molecule has 3 nitrogen and oxygen atoms in total. The molecule has 0 bridgehead atoms. The highest BCUT2D eigenvalue weighted by molar-refractivity contribution is 5.31. The Morgan fingerprint density at radius 2 is 1.90 bits per heavy atom. The van der Waals surface area contributed by atoms with E-state index in [0.29, 0.717) is 5.88 Å². The first-order chi connectivity index (χ1) is 9.81. The van der Waals surface area contributed by atoms with Gasteiger partial charge in [-0.15, -0.1) is 0 Å². The Morgan fingerprint density at radius 1 is 1.10 bits per heavy atom. The van der Waals surface area contributed by atoms with Gasteiger partial charge in [0.15, 0.2) is 0 Å². The summed E-state index contributed by atoms with van der Waals surface area (Å²) in [5.41, 5.74) is 2.52. The van der Waals surface area contributed by atoms with Crippen LogP contribution in [-0.2, 0) is 13.0 Å². The number of nitrogens with one attached hydrogen (secondary N) is 1. The largest absolute Gasteiger partial charge is 0.439 e. The Morgan fingerprint density at radius 3 is 2.60 bits per heavy atom. The fraction of sp³-hybridized carbons (Fsp3) is 0.353. The quantitative estimate of drug-likeness (QED) is 0.827. The van der Waals surface area contributed by atoms with E-state index in [-0.39, 0.29) is 0 Å². The molecule has 2 rings (SSSR count). The lowest BCUT2D eigenvalue weighted by atomic mass is 10.1. The van der Waals surface area contributed by atoms with Gasteiger partial charge >= 0.3 is 0 Å². The molecule has 0 aliphatic rings. The number of hydrogen-bond donors (Lipinski definition) is 1. The standard InChI is InChI=1S/C17H22N2O/c1-3-4-5-14-6-8-16(9-7-14)20-17-12-15(13-18-2)10-11-19-17/h6-12,18H,3-5,13H2,1-2H3. The first kappa shape index (κ1) is 14.5. The number of rotatable bonds is 7. The summed E-state index contributed by atoms with van der Waals surface area (Å²) in [6.45, 7) is 3.02. The Kier molecular flexibility index (Phi) is 5.56. The van der Waals surface area contributed by atoms with Crippen LogP contribution in [0, 0.1) is 0 Å². The van der Waals surface area contributed by atoms with Crippen LogP contribution in [-0.4, -0.2) is 12.0 Å². The number of aromatic nitrogens is 1. The van der Waals surface area contributed by atoms with Gasteiger partial charge in [-0.2, -0.15) is 0 Å². The lowest BCUT2D eigenvalue weighted by Gasteiger charge is -2.07. The molecular formula is C17H22N2O. The minimum atomic E-state index is 0.638. The van der Waals surface area contributed by atoms with Crippen molar-refractivity contribution in [3.63, 3.8) is 0 Å². The predicted molar refractivity (Wildman–Crippen MR) is 82.1 cm³/mol. The maximum Gasteiger partial charge on any atom is 0.219 e. The molecule has 0 aliphatic carbocycles. The van der Waals surface area contributed by atoms with Gasteiger partial charge in [0.1, 0.15) is 5.75 Å². The Labute approximate surface area is 121 Å². The van der Waals surface area contributed by atoms with Crippen LogP contribution in [0.15, 0.2) is 42.6 Å². The second kappa shape index (κ2) is 7.65. The summed E-state index contributed by atoms with van der Waals surface area (Å²) in [6.07, 6.45) is 5.36. The third-order valence-corrected chi connectivity index (χ3v) is 3.14. The van der Waals surface area contributed by atoms with E-state index in [1.807, 2.05) is 31.3 Å². The molecule has 1 aromatic heterocycles. The minimum Gasteiger partial charge on any atom is -0.439 e. The van der Waals surface area contributed by atoms with Gasteiger partial charge in [0, 0.05) is 18.8 Å². The van der Waals surface area contributed by atoms with Gasteiger partial charge < -0.3 is 10.1 Å². The SMILES string of the molecule is CCCCc1ccc(Oc2cc(CNC)ccn2)cc1. The molecule has 0 amide bonds. The molecular weight excluding hydrogens is 248 g/mol. The summed E-state index contributed by atoms with van der Waals surface area (Å²) in [4.78, 5) is 4.24. The lowest BCUT2D eigenvalue weighted by Crippen LogP contribution is -2.05. The lowest BCUT2D eigenvalue weighted by molar-refractivity contribution is 0.461. The smallest absolute Gasteiger partial charge is 0.219 e. The van der Waals surface area contributed by atoms with Crippen molar-refractivity contribution < 1.29 is 4.74 Å². The summed E-state index contributed by atoms with van der Waals surface area (Å²) in [7, 11) is 1.93. The van der Waals surface area contributed by atoms with Crippen LogP contribution in [0.5, 0.6) is 11.6 Å². The van der Waals surface area contributed by atoms with E-state index >= 15 is 0 Å². The van der Waals surface area contributed by atoms with E-state index in [9.17, 15) is 0 Å². The van der Waals surface area contributed by atoms with Crippen molar-refractivity contribution in [1.29, 1.82) is 0 Å². The molecule has 106 valence electrons. The second-order valence-electron chi connectivity index (χ2n) is 4.88. The van der Waals surface area contributed by atoms with Crippen molar-refractivity contribution in [2.75, 3.05) is 7.05 Å². The van der Waals surface area contributed by atoms with Crippen LogP contribution >= 0.6 is 0 Å². The van der Waals surface area contributed by atoms with Gasteiger partial charge in [-0.25, -0.2) is 4.98 Å². The van der Waals surface area contributed by atoms with Crippen molar-refractivity contribution in [2.24, 2.45) is 0 Å². The molecule has 0 aliphatic heterocycles. The van der Waals surface area contributed by atoms with E-state index in [2.05, 4.69) is 29.4 Å². The molecule has 0 unspecified atom stereocenters. The number of nitrogens with zero attached hydrogens (tertiary/aromatic N) is 1. The van der Waals surface area contributed by atoms with Gasteiger partial charge in [-0.05, 0) is 49.2 Å². The third-order valence-electron chi connectivity index (χ3n) is 3.14. The van der Waals surface area contributed by atoms with Gasteiger partial charge in [0.2, 0.25) is 5.88 Å². The molecule has 0 fully saturated rings. The number of aryl methyl sites for hydroxylation is 1. The third kappa shape index (κ3) is 4.35. The average Bonchev–Trinajstić information content (AvgIpc) is 2.47. The van der Waals surface area contributed by atoms with E-state index < -0.39 is 0 Å². The molecule has 1 heterocycles. The zero-order valence-electron chi connectivity index (χ0n) is 12.2. The van der Waals surface area contributed by atoms with Crippen molar-refractivity contribution >= 4 is 0 Å². The summed E-state index contributed by atoms with van der Waals surface area (Å²) >= 11 is 0. The molecule has 0 atom stereocenters. The second-order valence-corrected chi connectivity index (χ2v) is 4.88. The van der Waals surface area contributed by atoms with E-state index in [1.165, 1.54) is 18.4 Å². The molecule has 0 spiro atoms. The first-order valence-electron chi connectivity index (χ1n) is 7.18. The highest BCUT2D eigenvalue weighted by atomic mass is 16.5. The maximum atomic E-state index is 5.79. The number of hydrogen-bond acceptors (Lipinski definition) is 3. The minimum absolute atomic E-state index is 0.638. The Hall–Kier alpha value is -1.87. The molecule has 0 saturated heterocycles. The van der Waals surface area contributed by atoms with E-state index in [0.717, 1.165) is 24.3 Å². The average molecular weight is 270 g/mol. The topological polar surface area (TPSA) is 34.1 Å². The zero-order valence-corrected chi connectivity index (χ0v) is 12.2. The molecule has 0 saturated carbocycles. The van der Waals surface area contributed by atoms with Gasteiger partial charge in [-0.1, -0.05) is 25.5 Å². The van der Waals surface area contributed by atoms with Crippen molar-refractivity contribution in [1.82, 2.24) is 10.3 Å². The van der Waals surface area contributed by atoms with Gasteiger partial charge in [-0.3, -0.25) is 0 Å². The summed E-state index contributed by atoms with van der Waals surface area (Å²) in [5.74, 6) is 1.47. The van der Waals surface area contributed by atoms with Crippen molar-refractivity contribution in [2.45, 2.75) is 32.7 Å². The van der Waals surface area contributed by atoms with Crippen LogP contribution in [0.4, 0.5) is 0 Å². The fourth-order valence-corrected chi connectivity index (χ4v) is 2.05. The van der Waals surface area contributed by atoms with Crippen molar-refractivity contribution in [3.05, 3.63) is 53.7 Å². The Balaban J connectivity index is 2.00. The highest BCUT2D eigenvalue weighted by Gasteiger charge is 2.01. The van der Waals surface area contributed by atoms with Crippen molar-refractivity contribution in [3.8, 4) is 11.6 Å². The Bertz CT molecular complexity index is 523. The zero-order chi connectivity index (χ0) is 14.2. The van der Waals surface area contributed by atoms with Crippen LogP contribution in [0.2, 0.25) is 0 Å². The van der Waals surface area contributed by atoms with Crippen LogP contribution in [0.3, 0.4) is 0 Å². The first-order valence-corrected chi connectivity index (χ1v) is 7.18. The monoisotopic (exact) mass is 270 g/mol. The van der Waals surface area contributed by atoms with Crippen LogP contribution < -0.4 is 10.1 Å². The number of benzene rings is 1. The molecule has 0 radical (unpaired) electrons. The summed E-state index contributed by atoms with van der Waals surface area (Å²) in [5, 5.41) is 3.12. The van der Waals surface area contributed by atoms with Gasteiger partial charge in [0.05, 0.1) is 0 Å². The van der Waals surface area contributed by atoms with E-state index in [4.69, 9.17) is 4.74 Å².